The number of carbonyl (C=O) groups excluding carboxylic acids is 1. The number of hydrogen-bond acceptors (Lipinski definition) is 4. The van der Waals surface area contributed by atoms with Crippen LogP contribution < -0.4 is 9.64 Å². The second kappa shape index (κ2) is 5.91. The summed E-state index contributed by atoms with van der Waals surface area (Å²) in [7, 11) is 1.52. The van der Waals surface area contributed by atoms with E-state index in [0.29, 0.717) is 18.1 Å². The molecule has 1 aliphatic rings. The lowest BCUT2D eigenvalue weighted by Crippen LogP contribution is -2.32. The van der Waals surface area contributed by atoms with Crippen LogP contribution in [0.3, 0.4) is 0 Å². The van der Waals surface area contributed by atoms with E-state index in [1.54, 1.807) is 17.0 Å². The summed E-state index contributed by atoms with van der Waals surface area (Å²) in [5.41, 5.74) is 2.54. The standard InChI is InChI=1S/C16H17N3O2/c1-21-15-10-9-13(17-18-15)16(20)19-11-5-4-7-12-6-2-3-8-14(12)19/h2-3,6,8-10H,4-5,7,11H2,1H3. The number of aromatic nitrogens is 2. The molecule has 2 aromatic rings. The predicted octanol–water partition coefficient (Wildman–Crippen LogP) is 2.47. The smallest absolute Gasteiger partial charge is 0.278 e. The van der Waals surface area contributed by atoms with E-state index in [1.165, 1.54) is 12.7 Å². The van der Waals surface area contributed by atoms with Crippen molar-refractivity contribution in [3.8, 4) is 5.88 Å². The highest BCUT2D eigenvalue weighted by molar-refractivity contribution is 6.05. The molecule has 0 atom stereocenters. The second-order valence-electron chi connectivity index (χ2n) is 5.00. The molecule has 1 aliphatic heterocycles. The maximum Gasteiger partial charge on any atom is 0.278 e. The van der Waals surface area contributed by atoms with Crippen molar-refractivity contribution >= 4 is 11.6 Å². The summed E-state index contributed by atoms with van der Waals surface area (Å²) in [5.74, 6) is 0.294. The Morgan fingerprint density at radius 1 is 1.14 bits per heavy atom. The maximum atomic E-state index is 12.7. The first kappa shape index (κ1) is 13.5. The summed E-state index contributed by atoms with van der Waals surface area (Å²) >= 11 is 0. The van der Waals surface area contributed by atoms with Gasteiger partial charge in [0.2, 0.25) is 5.88 Å². The van der Waals surface area contributed by atoms with Gasteiger partial charge in [0.25, 0.3) is 5.91 Å². The zero-order valence-corrected chi connectivity index (χ0v) is 12.0. The summed E-state index contributed by atoms with van der Waals surface area (Å²) in [4.78, 5) is 14.5. The van der Waals surface area contributed by atoms with Crippen LogP contribution in [0.2, 0.25) is 0 Å². The fraction of sp³-hybridized carbons (Fsp3) is 0.312. The van der Waals surface area contributed by atoms with E-state index < -0.39 is 0 Å². The van der Waals surface area contributed by atoms with Crippen molar-refractivity contribution in [1.29, 1.82) is 0 Å². The Kier molecular flexibility index (Phi) is 3.81. The number of aryl methyl sites for hydroxylation is 1. The third kappa shape index (κ3) is 2.72. The Morgan fingerprint density at radius 2 is 2.00 bits per heavy atom. The summed E-state index contributed by atoms with van der Waals surface area (Å²) < 4.78 is 4.97. The van der Waals surface area contributed by atoms with Gasteiger partial charge < -0.3 is 9.64 Å². The van der Waals surface area contributed by atoms with Gasteiger partial charge in [-0.1, -0.05) is 18.2 Å². The molecule has 3 rings (SSSR count). The van der Waals surface area contributed by atoms with Crippen molar-refractivity contribution in [2.24, 2.45) is 0 Å². The van der Waals surface area contributed by atoms with Gasteiger partial charge in [-0.3, -0.25) is 4.79 Å². The number of fused-ring (bicyclic) bond motifs is 1. The summed E-state index contributed by atoms with van der Waals surface area (Å²) in [6, 6.07) is 11.4. The number of amides is 1. The lowest BCUT2D eigenvalue weighted by Gasteiger charge is -2.22. The largest absolute Gasteiger partial charge is 0.480 e. The molecule has 0 spiro atoms. The third-order valence-electron chi connectivity index (χ3n) is 3.67. The highest BCUT2D eigenvalue weighted by Gasteiger charge is 2.23. The molecule has 1 aromatic heterocycles. The van der Waals surface area contributed by atoms with E-state index in [1.807, 2.05) is 18.2 Å². The summed E-state index contributed by atoms with van der Waals surface area (Å²) in [5, 5.41) is 7.83. The molecule has 1 amide bonds. The average molecular weight is 283 g/mol. The van der Waals surface area contributed by atoms with Gasteiger partial charge in [-0.25, -0.2) is 0 Å². The molecule has 0 aliphatic carbocycles. The number of ether oxygens (including phenoxy) is 1. The number of anilines is 1. The van der Waals surface area contributed by atoms with Gasteiger partial charge >= 0.3 is 0 Å². The fourth-order valence-electron chi connectivity index (χ4n) is 2.58. The van der Waals surface area contributed by atoms with Crippen molar-refractivity contribution in [2.75, 3.05) is 18.6 Å². The van der Waals surface area contributed by atoms with Gasteiger partial charge in [-0.2, -0.15) is 0 Å². The summed E-state index contributed by atoms with van der Waals surface area (Å²) in [6.45, 7) is 0.712. The average Bonchev–Trinajstić information content (AvgIpc) is 2.77. The number of nitrogens with zero attached hydrogens (tertiary/aromatic N) is 3. The van der Waals surface area contributed by atoms with E-state index >= 15 is 0 Å². The molecule has 0 bridgehead atoms. The molecule has 5 nitrogen and oxygen atoms in total. The van der Waals surface area contributed by atoms with Crippen LogP contribution in [0.4, 0.5) is 5.69 Å². The quantitative estimate of drug-likeness (QED) is 0.849. The number of carbonyl (C=O) groups is 1. The molecule has 1 aromatic carbocycles. The van der Waals surface area contributed by atoms with Crippen molar-refractivity contribution in [3.63, 3.8) is 0 Å². The van der Waals surface area contributed by atoms with Crippen LogP contribution in [-0.2, 0) is 6.42 Å². The lowest BCUT2D eigenvalue weighted by molar-refractivity contribution is 0.0981. The Bertz CT molecular complexity index is 640. The topological polar surface area (TPSA) is 55.3 Å². The Balaban J connectivity index is 1.93. The monoisotopic (exact) mass is 283 g/mol. The highest BCUT2D eigenvalue weighted by atomic mass is 16.5. The minimum atomic E-state index is -0.112. The molecule has 0 unspecified atom stereocenters. The van der Waals surface area contributed by atoms with Crippen LogP contribution in [0, 0.1) is 0 Å². The molecule has 0 radical (unpaired) electrons. The first-order valence-electron chi connectivity index (χ1n) is 7.07. The molecule has 2 heterocycles. The van der Waals surface area contributed by atoms with Gasteiger partial charge in [0.15, 0.2) is 5.69 Å². The lowest BCUT2D eigenvalue weighted by atomic mass is 10.1. The maximum absolute atomic E-state index is 12.7. The zero-order valence-electron chi connectivity index (χ0n) is 12.0. The van der Waals surface area contributed by atoms with Crippen LogP contribution >= 0.6 is 0 Å². The van der Waals surface area contributed by atoms with Crippen LogP contribution in [-0.4, -0.2) is 29.8 Å². The first-order valence-corrected chi connectivity index (χ1v) is 7.07. The highest BCUT2D eigenvalue weighted by Crippen LogP contribution is 2.27. The van der Waals surface area contributed by atoms with E-state index in [2.05, 4.69) is 16.3 Å². The molecule has 21 heavy (non-hydrogen) atoms. The summed E-state index contributed by atoms with van der Waals surface area (Å²) in [6.07, 6.45) is 3.09. The molecule has 0 saturated heterocycles. The van der Waals surface area contributed by atoms with Crippen LogP contribution in [0.5, 0.6) is 5.88 Å². The van der Waals surface area contributed by atoms with E-state index in [-0.39, 0.29) is 5.91 Å². The van der Waals surface area contributed by atoms with E-state index in [9.17, 15) is 4.79 Å². The van der Waals surface area contributed by atoms with Crippen LogP contribution in [0.1, 0.15) is 28.9 Å². The molecule has 108 valence electrons. The van der Waals surface area contributed by atoms with Crippen molar-refractivity contribution in [1.82, 2.24) is 10.2 Å². The van der Waals surface area contributed by atoms with E-state index in [0.717, 1.165) is 24.9 Å². The molecule has 0 fully saturated rings. The van der Waals surface area contributed by atoms with Gasteiger partial charge in [0, 0.05) is 18.3 Å². The molecule has 5 heteroatoms. The van der Waals surface area contributed by atoms with Crippen LogP contribution in [0.15, 0.2) is 36.4 Å². The van der Waals surface area contributed by atoms with Gasteiger partial charge in [0.1, 0.15) is 0 Å². The normalized spacial score (nSPS) is 14.2. The third-order valence-corrected chi connectivity index (χ3v) is 3.67. The minimum Gasteiger partial charge on any atom is -0.480 e. The molecular weight excluding hydrogens is 266 g/mol. The fourth-order valence-corrected chi connectivity index (χ4v) is 2.58. The molecular formula is C16H17N3O2. The minimum absolute atomic E-state index is 0.112. The van der Waals surface area contributed by atoms with E-state index in [4.69, 9.17) is 4.74 Å². The predicted molar refractivity (Wildman–Crippen MR) is 79.6 cm³/mol. The SMILES string of the molecule is COc1ccc(C(=O)N2CCCCc3ccccc32)nn1. The van der Waals surface area contributed by atoms with Crippen LogP contribution in [0.25, 0.3) is 0 Å². The second-order valence-corrected chi connectivity index (χ2v) is 5.00. The van der Waals surface area contributed by atoms with Gasteiger partial charge in [0.05, 0.1) is 7.11 Å². The molecule has 0 N–H and O–H groups in total. The number of rotatable bonds is 2. The number of para-hydroxylation sites is 1. The van der Waals surface area contributed by atoms with Crippen molar-refractivity contribution in [2.45, 2.75) is 19.3 Å². The van der Waals surface area contributed by atoms with Crippen molar-refractivity contribution < 1.29 is 9.53 Å². The number of benzene rings is 1. The Labute approximate surface area is 123 Å². The number of methoxy groups -OCH3 is 1. The Hall–Kier alpha value is -2.43. The van der Waals surface area contributed by atoms with Gasteiger partial charge in [-0.05, 0) is 37.0 Å². The first-order chi connectivity index (χ1) is 10.3. The molecule has 0 saturated carbocycles. The zero-order chi connectivity index (χ0) is 14.7. The van der Waals surface area contributed by atoms with Gasteiger partial charge in [-0.15, -0.1) is 10.2 Å². The number of hydrogen-bond donors (Lipinski definition) is 0. The van der Waals surface area contributed by atoms with Crippen molar-refractivity contribution in [3.05, 3.63) is 47.7 Å². The Morgan fingerprint density at radius 3 is 2.76 bits per heavy atom.